The maximum atomic E-state index is 12.8. The van der Waals surface area contributed by atoms with E-state index in [9.17, 15) is 41.0 Å². The fraction of sp³-hybridized carbons (Fsp3) is 0.395. The van der Waals surface area contributed by atoms with Gasteiger partial charge in [-0.1, -0.05) is 24.3 Å². The number of halogens is 6. The summed E-state index contributed by atoms with van der Waals surface area (Å²) in [5.41, 5.74) is 3.66. The van der Waals surface area contributed by atoms with Crippen molar-refractivity contribution in [3.05, 3.63) is 118 Å². The summed E-state index contributed by atoms with van der Waals surface area (Å²) < 4.78 is 81.6. The molecule has 4 aromatic rings. The van der Waals surface area contributed by atoms with Gasteiger partial charge in [-0.15, -0.1) is 0 Å². The standard InChI is InChI=1S/C22H25F3N4O2S.C21H23F3N4O2S.Li.H2O/c1-14-10-15(2)26-19(11-14)27-21(32)29-9-8-28(18(13-29)20(30)31-3)12-16-4-6-17(7-5-16)22(23,24)25;1-13-9-14(2)25-18(10-13)26-20(31)28-8-7-27(17(12-28)19(29)30)11-15-3-5-16(6-4-15)21(22,23)24;;/h4-7,10-11,18H,8-9,12-13H2,1-3H3,(H,26,27,32);3-6,9-10,17H,7-8,11-12H2,1-2H3,(H,29,30)(H,25,26,31);;1H2/q;;+1;/p-1. The van der Waals surface area contributed by atoms with Crippen molar-refractivity contribution >= 4 is 58.2 Å². The van der Waals surface area contributed by atoms with Crippen LogP contribution in [-0.4, -0.2) is 121 Å². The Bertz CT molecular complexity index is 2230. The number of hydrogen-bond acceptors (Lipinski definition) is 10. The minimum atomic E-state index is -4.40. The summed E-state index contributed by atoms with van der Waals surface area (Å²) in [7, 11) is 1.31. The fourth-order valence-electron chi connectivity index (χ4n) is 7.24. The van der Waals surface area contributed by atoms with E-state index in [1.54, 1.807) is 9.80 Å². The van der Waals surface area contributed by atoms with E-state index in [0.717, 1.165) is 46.8 Å². The molecule has 4 N–H and O–H groups in total. The van der Waals surface area contributed by atoms with Crippen LogP contribution in [0.1, 0.15) is 44.8 Å². The number of carbonyl (C=O) groups is 2. The molecule has 0 bridgehead atoms. The van der Waals surface area contributed by atoms with Gasteiger partial charge in [-0.2, -0.15) is 26.3 Å². The SMILES string of the molecule is COC(=O)C1CN(C(=S)Nc2cc(C)cc(C)n2)CCN1Cc1ccc(C(F)(F)F)cc1.Cc1cc(C)nc(NC(=S)N2CCN(Cc3ccc(C(F)(F)F)cc3)C(C(=O)O)C2)c1.[Li+].[OH-]. The van der Waals surface area contributed by atoms with Crippen LogP contribution in [0, 0.1) is 27.7 Å². The second kappa shape index (κ2) is 23.5. The third kappa shape index (κ3) is 15.6. The number of carbonyl (C=O) groups excluding carboxylic acids is 1. The molecule has 4 heterocycles. The maximum Gasteiger partial charge on any atom is 1.00 e. The summed E-state index contributed by atoms with van der Waals surface area (Å²) in [6.45, 7) is 10.6. The van der Waals surface area contributed by atoms with Crippen molar-refractivity contribution < 1.29 is 70.1 Å². The molecule has 2 unspecified atom stereocenters. The molecule has 2 fully saturated rings. The van der Waals surface area contributed by atoms with Crippen LogP contribution in [0.3, 0.4) is 0 Å². The number of aromatic nitrogens is 2. The number of ether oxygens (including phenoxy) is 1. The van der Waals surface area contributed by atoms with E-state index in [0.29, 0.717) is 72.3 Å². The molecule has 2 aliphatic heterocycles. The second-order valence-corrected chi connectivity index (χ2v) is 16.1. The van der Waals surface area contributed by atoms with Gasteiger partial charge in [-0.25, -0.2) is 9.97 Å². The summed E-state index contributed by atoms with van der Waals surface area (Å²) >= 11 is 11.0. The Morgan fingerprint density at radius 3 is 1.38 bits per heavy atom. The van der Waals surface area contributed by atoms with Gasteiger partial charge < -0.3 is 35.8 Å². The van der Waals surface area contributed by atoms with E-state index in [-0.39, 0.29) is 37.4 Å². The zero-order valence-electron chi connectivity index (χ0n) is 36.6. The monoisotopic (exact) mass is 942 g/mol. The zero-order valence-corrected chi connectivity index (χ0v) is 38.3. The molecule has 346 valence electrons. The van der Waals surface area contributed by atoms with Crippen LogP contribution in [-0.2, 0) is 39.8 Å². The zero-order chi connectivity index (χ0) is 46.2. The number of methoxy groups -OCH3 is 1. The molecule has 65 heavy (non-hydrogen) atoms. The largest absolute Gasteiger partial charge is 1.00 e. The summed E-state index contributed by atoms with van der Waals surface area (Å²) in [5.74, 6) is -0.200. The minimum absolute atomic E-state index is 0. The van der Waals surface area contributed by atoms with Crippen molar-refractivity contribution in [3.8, 4) is 0 Å². The van der Waals surface area contributed by atoms with Crippen LogP contribution in [0.15, 0.2) is 72.8 Å². The molecule has 2 aliphatic rings. The Balaban J connectivity index is 0.000000335. The average molecular weight is 943 g/mol. The number of aryl methyl sites for hydroxylation is 4. The number of pyridine rings is 2. The molecule has 2 aromatic carbocycles. The van der Waals surface area contributed by atoms with Gasteiger partial charge in [0, 0.05) is 63.7 Å². The van der Waals surface area contributed by atoms with Crippen LogP contribution < -0.4 is 29.5 Å². The molecule has 0 amide bonds. The van der Waals surface area contributed by atoms with Crippen molar-refractivity contribution in [2.75, 3.05) is 57.0 Å². The number of esters is 1. The first-order chi connectivity index (χ1) is 29.6. The number of carboxylic acid groups (broad SMARTS) is 1. The van der Waals surface area contributed by atoms with E-state index in [4.69, 9.17) is 29.2 Å². The number of nitrogens with zero attached hydrogens (tertiary/aromatic N) is 6. The number of rotatable bonds is 8. The fourth-order valence-corrected chi connectivity index (χ4v) is 7.78. The van der Waals surface area contributed by atoms with Gasteiger partial charge in [-0.05, 0) is 123 Å². The molecule has 22 heteroatoms. The molecule has 2 aromatic heterocycles. The van der Waals surface area contributed by atoms with E-state index < -0.39 is 47.5 Å². The predicted molar refractivity (Wildman–Crippen MR) is 236 cm³/mol. The van der Waals surface area contributed by atoms with Crippen LogP contribution >= 0.6 is 24.4 Å². The molecule has 2 saturated heterocycles. The molecular weight excluding hydrogens is 894 g/mol. The van der Waals surface area contributed by atoms with Gasteiger partial charge in [0.15, 0.2) is 10.2 Å². The van der Waals surface area contributed by atoms with Crippen molar-refractivity contribution in [1.29, 1.82) is 0 Å². The first-order valence-corrected chi connectivity index (χ1v) is 20.5. The number of benzene rings is 2. The Labute approximate surface area is 396 Å². The minimum Gasteiger partial charge on any atom is -0.870 e. The van der Waals surface area contributed by atoms with Gasteiger partial charge in [0.2, 0.25) is 0 Å². The smallest absolute Gasteiger partial charge is 0.870 e. The number of alkyl halides is 6. The Kier molecular flexibility index (Phi) is 19.7. The number of aliphatic carboxylic acids is 1. The summed E-state index contributed by atoms with van der Waals surface area (Å²) in [6.07, 6.45) is -8.78. The Morgan fingerprint density at radius 1 is 0.677 bits per heavy atom. The van der Waals surface area contributed by atoms with Crippen LogP contribution in [0.4, 0.5) is 38.0 Å². The number of thiocarbonyl (C=S) groups is 2. The second-order valence-electron chi connectivity index (χ2n) is 15.3. The third-order valence-electron chi connectivity index (χ3n) is 10.3. The summed E-state index contributed by atoms with van der Waals surface area (Å²) in [6, 6.07) is 15.9. The van der Waals surface area contributed by atoms with E-state index in [1.807, 2.05) is 61.8 Å². The van der Waals surface area contributed by atoms with Gasteiger partial charge >= 0.3 is 43.2 Å². The van der Waals surface area contributed by atoms with E-state index in [2.05, 4.69) is 20.6 Å². The van der Waals surface area contributed by atoms with Crippen molar-refractivity contribution in [2.45, 2.75) is 65.2 Å². The van der Waals surface area contributed by atoms with Gasteiger partial charge in [0.25, 0.3) is 0 Å². The molecular formula is C43H49F6LiN8O5S2. The average Bonchev–Trinajstić information content (AvgIpc) is 3.20. The van der Waals surface area contributed by atoms with Crippen molar-refractivity contribution in [3.63, 3.8) is 0 Å². The number of piperazine rings is 2. The molecule has 0 radical (unpaired) electrons. The topological polar surface area (TPSA) is 156 Å². The summed E-state index contributed by atoms with van der Waals surface area (Å²) in [4.78, 5) is 40.4. The quantitative estimate of drug-likeness (QED) is 0.0996. The van der Waals surface area contributed by atoms with Crippen molar-refractivity contribution in [1.82, 2.24) is 29.6 Å². The predicted octanol–water partition coefficient (Wildman–Crippen LogP) is 4.29. The van der Waals surface area contributed by atoms with Gasteiger partial charge in [0.05, 0.1) is 18.2 Å². The van der Waals surface area contributed by atoms with Crippen LogP contribution in [0.25, 0.3) is 0 Å². The molecule has 6 rings (SSSR count). The Morgan fingerprint density at radius 2 is 1.05 bits per heavy atom. The maximum absolute atomic E-state index is 12.8. The van der Waals surface area contributed by atoms with Gasteiger partial charge in [-0.3, -0.25) is 19.4 Å². The van der Waals surface area contributed by atoms with Gasteiger partial charge in [0.1, 0.15) is 23.7 Å². The molecule has 2 atom stereocenters. The number of carboxylic acids is 1. The number of nitrogens with one attached hydrogen (secondary N) is 2. The first kappa shape index (κ1) is 54.5. The van der Waals surface area contributed by atoms with E-state index in [1.165, 1.54) is 31.4 Å². The Hall–Kier alpha value is -4.88. The van der Waals surface area contributed by atoms with Crippen LogP contribution in [0.5, 0.6) is 0 Å². The van der Waals surface area contributed by atoms with E-state index >= 15 is 0 Å². The molecule has 0 saturated carbocycles. The molecule has 13 nitrogen and oxygen atoms in total. The number of hydrogen-bond donors (Lipinski definition) is 3. The summed E-state index contributed by atoms with van der Waals surface area (Å²) in [5, 5.41) is 16.7. The number of anilines is 2. The van der Waals surface area contributed by atoms with Crippen molar-refractivity contribution in [2.24, 2.45) is 0 Å². The normalized spacial score (nSPS) is 16.8. The molecule has 0 spiro atoms. The van der Waals surface area contributed by atoms with Crippen LogP contribution in [0.2, 0.25) is 0 Å². The molecule has 0 aliphatic carbocycles. The third-order valence-corrected chi connectivity index (χ3v) is 11.0. The first-order valence-electron chi connectivity index (χ1n) is 19.7.